The molecule has 0 spiro atoms. The van der Waals surface area contributed by atoms with Gasteiger partial charge in [-0.2, -0.15) is 0 Å². The smallest absolute Gasteiger partial charge is 0.309 e. The van der Waals surface area contributed by atoms with Crippen LogP contribution in [0.3, 0.4) is 0 Å². The summed E-state index contributed by atoms with van der Waals surface area (Å²) in [6, 6.07) is 5.45. The van der Waals surface area contributed by atoms with Gasteiger partial charge in [-0.15, -0.1) is 0 Å². The molecule has 0 radical (unpaired) electrons. The molecule has 126 valence electrons. The van der Waals surface area contributed by atoms with E-state index in [0.717, 1.165) is 17.7 Å². The normalized spacial score (nSPS) is 14.1. The Morgan fingerprint density at radius 3 is 2.78 bits per heavy atom. The van der Waals surface area contributed by atoms with E-state index in [-0.39, 0.29) is 6.54 Å². The summed E-state index contributed by atoms with van der Waals surface area (Å²) < 4.78 is 5.41. The maximum Gasteiger partial charge on any atom is 0.309 e. The van der Waals surface area contributed by atoms with Gasteiger partial charge in [0, 0.05) is 26.1 Å². The quantitative estimate of drug-likeness (QED) is 0.612. The Morgan fingerprint density at radius 2 is 2.04 bits per heavy atom. The molecule has 0 saturated heterocycles. The Bertz CT molecular complexity index is 574. The number of aliphatic hydroxyl groups is 1. The highest BCUT2D eigenvalue weighted by Gasteiger charge is 2.18. The third kappa shape index (κ3) is 4.94. The average Bonchev–Trinajstić information content (AvgIpc) is 2.99. The summed E-state index contributed by atoms with van der Waals surface area (Å²) in [4.78, 5) is 25.2. The number of carbonyl (C=O) groups is 2. The predicted molar refractivity (Wildman–Crippen MR) is 85.2 cm³/mol. The van der Waals surface area contributed by atoms with Crippen molar-refractivity contribution in [1.82, 2.24) is 15.5 Å². The van der Waals surface area contributed by atoms with Crippen LogP contribution in [0.5, 0.6) is 5.75 Å². The lowest BCUT2D eigenvalue weighted by Crippen LogP contribution is -2.43. The summed E-state index contributed by atoms with van der Waals surface area (Å²) in [6.45, 7) is 1.68. The van der Waals surface area contributed by atoms with Crippen molar-refractivity contribution in [2.24, 2.45) is 0 Å². The summed E-state index contributed by atoms with van der Waals surface area (Å²) in [6.07, 6.45) is -0.0456. The summed E-state index contributed by atoms with van der Waals surface area (Å²) in [7, 11) is 3.76. The lowest BCUT2D eigenvalue weighted by Gasteiger charge is -2.14. The maximum absolute atomic E-state index is 11.7. The number of likely N-dealkylation sites (N-methyl/N-ethyl adjacent to an activating group) is 1. The molecule has 1 aromatic carbocycles. The van der Waals surface area contributed by atoms with E-state index in [1.807, 2.05) is 31.1 Å². The van der Waals surface area contributed by atoms with E-state index in [4.69, 9.17) is 4.74 Å². The molecule has 2 amide bonds. The molecular weight excluding hydrogens is 298 g/mol. The summed E-state index contributed by atoms with van der Waals surface area (Å²) in [5.74, 6) is -0.598. The van der Waals surface area contributed by atoms with Crippen LogP contribution in [0, 0.1) is 0 Å². The number of carbonyl (C=O) groups excluding carboxylic acids is 2. The summed E-state index contributed by atoms with van der Waals surface area (Å²) >= 11 is 0. The van der Waals surface area contributed by atoms with Crippen molar-refractivity contribution in [2.75, 3.05) is 40.3 Å². The molecule has 7 nitrogen and oxygen atoms in total. The number of fused-ring (bicyclic) bond motifs is 1. The van der Waals surface area contributed by atoms with Crippen LogP contribution in [-0.4, -0.2) is 62.2 Å². The van der Waals surface area contributed by atoms with Gasteiger partial charge in [0.05, 0.1) is 12.7 Å². The van der Waals surface area contributed by atoms with Crippen LogP contribution in [0.1, 0.15) is 17.2 Å². The van der Waals surface area contributed by atoms with Crippen molar-refractivity contribution in [3.05, 3.63) is 29.3 Å². The third-order valence-corrected chi connectivity index (χ3v) is 3.61. The number of nitrogens with one attached hydrogen (secondary N) is 2. The second-order valence-corrected chi connectivity index (χ2v) is 5.75. The van der Waals surface area contributed by atoms with Crippen molar-refractivity contribution in [1.29, 1.82) is 0 Å². The second kappa shape index (κ2) is 7.94. The number of hydrogen-bond acceptors (Lipinski definition) is 5. The molecule has 0 aliphatic carbocycles. The molecule has 3 N–H and O–H groups in total. The number of hydrogen-bond donors (Lipinski definition) is 3. The van der Waals surface area contributed by atoms with E-state index >= 15 is 0 Å². The van der Waals surface area contributed by atoms with Gasteiger partial charge >= 0.3 is 11.8 Å². The molecule has 0 bridgehead atoms. The number of nitrogens with zero attached hydrogens (tertiary/aromatic N) is 1. The van der Waals surface area contributed by atoms with Crippen molar-refractivity contribution in [2.45, 2.75) is 12.5 Å². The Morgan fingerprint density at radius 1 is 1.30 bits per heavy atom. The second-order valence-electron chi connectivity index (χ2n) is 5.75. The van der Waals surface area contributed by atoms with E-state index in [1.165, 1.54) is 0 Å². The van der Waals surface area contributed by atoms with Gasteiger partial charge < -0.3 is 25.4 Å². The van der Waals surface area contributed by atoms with E-state index in [1.54, 1.807) is 6.07 Å². The molecule has 1 atom stereocenters. The van der Waals surface area contributed by atoms with E-state index < -0.39 is 17.9 Å². The van der Waals surface area contributed by atoms with Gasteiger partial charge in [0.25, 0.3) is 0 Å². The fraction of sp³-hybridized carbons (Fsp3) is 0.500. The highest BCUT2D eigenvalue weighted by Crippen LogP contribution is 2.27. The zero-order chi connectivity index (χ0) is 16.8. The molecule has 0 saturated carbocycles. The van der Waals surface area contributed by atoms with Gasteiger partial charge in [0.2, 0.25) is 0 Å². The predicted octanol–water partition coefficient (Wildman–Crippen LogP) is -0.551. The Hall–Kier alpha value is -2.12. The zero-order valence-corrected chi connectivity index (χ0v) is 13.5. The minimum Gasteiger partial charge on any atom is -0.493 e. The molecule has 1 unspecified atom stereocenters. The van der Waals surface area contributed by atoms with Crippen LogP contribution in [0.25, 0.3) is 0 Å². The first-order valence-electron chi connectivity index (χ1n) is 7.62. The molecule has 7 heteroatoms. The maximum atomic E-state index is 11.7. The van der Waals surface area contributed by atoms with E-state index in [0.29, 0.717) is 25.3 Å². The van der Waals surface area contributed by atoms with Gasteiger partial charge in [-0.3, -0.25) is 9.59 Å². The van der Waals surface area contributed by atoms with Crippen LogP contribution < -0.4 is 15.4 Å². The van der Waals surface area contributed by atoms with E-state index in [9.17, 15) is 14.7 Å². The van der Waals surface area contributed by atoms with Crippen LogP contribution >= 0.6 is 0 Å². The van der Waals surface area contributed by atoms with Crippen LogP contribution in [0.15, 0.2) is 18.2 Å². The zero-order valence-electron chi connectivity index (χ0n) is 13.5. The third-order valence-electron chi connectivity index (χ3n) is 3.61. The monoisotopic (exact) mass is 321 g/mol. The van der Waals surface area contributed by atoms with Crippen LogP contribution in [0.2, 0.25) is 0 Å². The van der Waals surface area contributed by atoms with Gasteiger partial charge in [0.1, 0.15) is 5.75 Å². The first-order chi connectivity index (χ1) is 11.0. The van der Waals surface area contributed by atoms with Gasteiger partial charge in [0.15, 0.2) is 0 Å². The first-order valence-corrected chi connectivity index (χ1v) is 7.62. The molecule has 0 fully saturated rings. The number of benzene rings is 1. The molecular formula is C16H23N3O4. The molecule has 0 aromatic heterocycles. The van der Waals surface area contributed by atoms with Crippen molar-refractivity contribution in [3.8, 4) is 5.75 Å². The molecule has 1 aromatic rings. The highest BCUT2D eigenvalue weighted by atomic mass is 16.5. The lowest BCUT2D eigenvalue weighted by molar-refractivity contribution is -0.139. The van der Waals surface area contributed by atoms with Crippen LogP contribution in [-0.2, 0) is 16.0 Å². The Labute approximate surface area is 135 Å². The van der Waals surface area contributed by atoms with Gasteiger partial charge in [-0.25, -0.2) is 0 Å². The highest BCUT2D eigenvalue weighted by molar-refractivity contribution is 6.35. The minimum absolute atomic E-state index is 0.0143. The first kappa shape index (κ1) is 17.2. The van der Waals surface area contributed by atoms with Gasteiger partial charge in [-0.1, -0.05) is 6.07 Å². The fourth-order valence-corrected chi connectivity index (χ4v) is 2.27. The summed E-state index contributed by atoms with van der Waals surface area (Å²) in [5.41, 5.74) is 1.75. The van der Waals surface area contributed by atoms with Crippen molar-refractivity contribution in [3.63, 3.8) is 0 Å². The number of ether oxygens (including phenoxy) is 1. The van der Waals surface area contributed by atoms with E-state index in [2.05, 4.69) is 10.6 Å². The minimum atomic E-state index is -0.862. The molecule has 1 heterocycles. The number of aliphatic hydroxyl groups excluding tert-OH is 1. The Balaban J connectivity index is 1.78. The van der Waals surface area contributed by atoms with Crippen molar-refractivity contribution < 1.29 is 19.4 Å². The van der Waals surface area contributed by atoms with Crippen molar-refractivity contribution >= 4 is 11.8 Å². The van der Waals surface area contributed by atoms with Gasteiger partial charge in [-0.05, 0) is 37.4 Å². The number of rotatable bonds is 6. The Kier molecular flexibility index (Phi) is 5.95. The molecule has 1 aliphatic rings. The topological polar surface area (TPSA) is 90.9 Å². The molecule has 1 aliphatic heterocycles. The SMILES string of the molecule is CN(C)CCNC(=O)C(=O)NCC(O)c1ccc2c(c1)CCO2. The fourth-order valence-electron chi connectivity index (χ4n) is 2.27. The lowest BCUT2D eigenvalue weighted by atomic mass is 10.0. The summed E-state index contributed by atoms with van der Waals surface area (Å²) in [5, 5.41) is 15.1. The number of amides is 2. The van der Waals surface area contributed by atoms with Crippen LogP contribution in [0.4, 0.5) is 0 Å². The molecule has 23 heavy (non-hydrogen) atoms. The molecule has 2 rings (SSSR count). The standard InChI is InChI=1S/C16H23N3O4/c1-19(2)7-6-17-15(21)16(22)18-10-13(20)11-3-4-14-12(9-11)5-8-23-14/h3-4,9,13,20H,5-8,10H2,1-2H3,(H,17,21)(H,18,22). The largest absolute Gasteiger partial charge is 0.493 e. The average molecular weight is 321 g/mol.